The summed E-state index contributed by atoms with van der Waals surface area (Å²) in [4.78, 5) is 25.5. The lowest BCUT2D eigenvalue weighted by atomic mass is 10.2. The molecule has 0 saturated heterocycles. The molecule has 0 aliphatic rings. The van der Waals surface area contributed by atoms with Gasteiger partial charge in [-0.2, -0.15) is 9.98 Å². The third-order valence-electron chi connectivity index (χ3n) is 1.17. The number of aliphatic imine (C=N–C) groups is 2. The zero-order valence-corrected chi connectivity index (χ0v) is 6.34. The molecule has 0 bridgehead atoms. The summed E-state index contributed by atoms with van der Waals surface area (Å²) < 4.78 is 0. The molecule has 0 aromatic rings. The summed E-state index contributed by atoms with van der Waals surface area (Å²) in [7, 11) is 0. The van der Waals surface area contributed by atoms with Gasteiger partial charge in [-0.1, -0.05) is 0 Å². The van der Waals surface area contributed by atoms with Gasteiger partial charge < -0.3 is 10.2 Å². The van der Waals surface area contributed by atoms with Crippen LogP contribution >= 0.6 is 0 Å². The van der Waals surface area contributed by atoms with Crippen LogP contribution in [0.4, 0.5) is 0 Å². The second kappa shape index (κ2) is 5.35. The molecule has 0 aromatic heterocycles. The van der Waals surface area contributed by atoms with Gasteiger partial charge in [0, 0.05) is 0 Å². The topological polar surface area (TPSA) is 99.3 Å². The van der Waals surface area contributed by atoms with Gasteiger partial charge in [-0.15, -0.1) is 0 Å². The standard InChI is InChI=1S/C6H8N2O4/c1-4(11)5(12)6(7-2-9)8-3-10/h4-6,11-12H,1H3. The Morgan fingerprint density at radius 3 is 1.83 bits per heavy atom. The molecule has 0 aliphatic carbocycles. The lowest BCUT2D eigenvalue weighted by molar-refractivity contribution is 0.0175. The Morgan fingerprint density at radius 1 is 1.17 bits per heavy atom. The van der Waals surface area contributed by atoms with Crippen molar-refractivity contribution in [2.45, 2.75) is 25.3 Å². The summed E-state index contributed by atoms with van der Waals surface area (Å²) in [5.74, 6) is 0. The quantitative estimate of drug-likeness (QED) is 0.407. The van der Waals surface area contributed by atoms with E-state index in [0.717, 1.165) is 12.2 Å². The monoisotopic (exact) mass is 172 g/mol. The van der Waals surface area contributed by atoms with E-state index < -0.39 is 18.4 Å². The van der Waals surface area contributed by atoms with Crippen molar-refractivity contribution in [3.05, 3.63) is 0 Å². The van der Waals surface area contributed by atoms with Gasteiger partial charge in [0.2, 0.25) is 12.2 Å². The predicted octanol–water partition coefficient (Wildman–Crippen LogP) is -1.27. The molecule has 2 atom stereocenters. The second-order valence-electron chi connectivity index (χ2n) is 2.09. The van der Waals surface area contributed by atoms with Crippen molar-refractivity contribution < 1.29 is 19.8 Å². The van der Waals surface area contributed by atoms with Gasteiger partial charge in [0.05, 0.1) is 6.10 Å². The van der Waals surface area contributed by atoms with Crippen LogP contribution in [0.3, 0.4) is 0 Å². The van der Waals surface area contributed by atoms with Crippen molar-refractivity contribution in [3.8, 4) is 0 Å². The van der Waals surface area contributed by atoms with Gasteiger partial charge in [-0.3, -0.25) is 0 Å². The van der Waals surface area contributed by atoms with Gasteiger partial charge in [0.25, 0.3) is 0 Å². The normalized spacial score (nSPS) is 16.6. The molecule has 0 aromatic carbocycles. The van der Waals surface area contributed by atoms with Crippen molar-refractivity contribution >= 4 is 12.2 Å². The van der Waals surface area contributed by atoms with E-state index in [9.17, 15) is 9.59 Å². The molecular formula is C6H8N2O4. The second-order valence-corrected chi connectivity index (χ2v) is 2.09. The van der Waals surface area contributed by atoms with Crippen LogP contribution in [-0.2, 0) is 9.59 Å². The number of aliphatic hydroxyl groups excluding tert-OH is 2. The summed E-state index contributed by atoms with van der Waals surface area (Å²) in [6.07, 6.45) is -1.61. The number of aliphatic hydroxyl groups is 2. The van der Waals surface area contributed by atoms with Gasteiger partial charge in [0.15, 0.2) is 6.17 Å². The SMILES string of the molecule is CC(O)C(O)C(N=C=O)N=C=O. The molecule has 66 valence electrons. The van der Waals surface area contributed by atoms with Crippen LogP contribution < -0.4 is 0 Å². The van der Waals surface area contributed by atoms with Crippen LogP contribution in [0.25, 0.3) is 0 Å². The van der Waals surface area contributed by atoms with Crippen LogP contribution in [0.2, 0.25) is 0 Å². The van der Waals surface area contributed by atoms with E-state index in [1.54, 1.807) is 0 Å². The highest BCUT2D eigenvalue weighted by molar-refractivity contribution is 5.37. The largest absolute Gasteiger partial charge is 0.391 e. The average Bonchev–Trinajstić information content (AvgIpc) is 2.03. The molecule has 2 unspecified atom stereocenters. The Hall–Kier alpha value is -1.32. The number of hydrogen-bond acceptors (Lipinski definition) is 6. The molecule has 12 heavy (non-hydrogen) atoms. The van der Waals surface area contributed by atoms with Crippen LogP contribution in [0.5, 0.6) is 0 Å². The summed E-state index contributed by atoms with van der Waals surface area (Å²) >= 11 is 0. The van der Waals surface area contributed by atoms with E-state index in [4.69, 9.17) is 10.2 Å². The maximum atomic E-state index is 9.74. The van der Waals surface area contributed by atoms with Crippen LogP contribution in [0.1, 0.15) is 6.92 Å². The highest BCUT2D eigenvalue weighted by atomic mass is 16.3. The predicted molar refractivity (Wildman–Crippen MR) is 37.7 cm³/mol. The third-order valence-corrected chi connectivity index (χ3v) is 1.17. The fourth-order valence-electron chi connectivity index (χ4n) is 0.539. The molecule has 6 heteroatoms. The summed E-state index contributed by atoms with van der Waals surface area (Å²) in [6.45, 7) is 1.28. The minimum absolute atomic E-state index is 1.12. The van der Waals surface area contributed by atoms with Gasteiger partial charge in [-0.25, -0.2) is 9.59 Å². The van der Waals surface area contributed by atoms with E-state index in [1.165, 1.54) is 6.92 Å². The van der Waals surface area contributed by atoms with Crippen molar-refractivity contribution in [3.63, 3.8) is 0 Å². The third kappa shape index (κ3) is 3.18. The molecule has 0 radical (unpaired) electrons. The minimum Gasteiger partial charge on any atom is -0.391 e. The molecule has 0 saturated carbocycles. The highest BCUT2D eigenvalue weighted by Gasteiger charge is 2.22. The highest BCUT2D eigenvalue weighted by Crippen LogP contribution is 2.03. The molecule has 0 heterocycles. The van der Waals surface area contributed by atoms with Gasteiger partial charge in [0.1, 0.15) is 6.10 Å². The van der Waals surface area contributed by atoms with E-state index in [-0.39, 0.29) is 0 Å². The first-order chi connectivity index (χ1) is 5.63. The Morgan fingerprint density at radius 2 is 1.58 bits per heavy atom. The van der Waals surface area contributed by atoms with Crippen LogP contribution in [-0.4, -0.2) is 40.7 Å². The lowest BCUT2D eigenvalue weighted by Gasteiger charge is -2.14. The lowest BCUT2D eigenvalue weighted by Crippen LogP contribution is -2.33. The molecule has 0 spiro atoms. The summed E-state index contributed by atoms with van der Waals surface area (Å²) in [5.41, 5.74) is 0. The smallest absolute Gasteiger partial charge is 0.237 e. The number of hydrogen-bond donors (Lipinski definition) is 2. The first-order valence-electron chi connectivity index (χ1n) is 3.13. The van der Waals surface area contributed by atoms with E-state index in [0.29, 0.717) is 0 Å². The molecular weight excluding hydrogens is 164 g/mol. The van der Waals surface area contributed by atoms with Crippen LogP contribution in [0, 0.1) is 0 Å². The zero-order chi connectivity index (χ0) is 9.56. The van der Waals surface area contributed by atoms with Crippen LogP contribution in [0.15, 0.2) is 9.98 Å². The molecule has 0 amide bonds. The maximum absolute atomic E-state index is 9.74. The van der Waals surface area contributed by atoms with E-state index in [2.05, 4.69) is 9.98 Å². The minimum atomic E-state index is -1.40. The van der Waals surface area contributed by atoms with Crippen molar-refractivity contribution in [1.29, 1.82) is 0 Å². The molecule has 0 aliphatic heterocycles. The summed E-state index contributed by atoms with van der Waals surface area (Å²) in [6, 6.07) is 0. The summed E-state index contributed by atoms with van der Waals surface area (Å²) in [5, 5.41) is 17.9. The van der Waals surface area contributed by atoms with Crippen molar-refractivity contribution in [1.82, 2.24) is 0 Å². The van der Waals surface area contributed by atoms with E-state index >= 15 is 0 Å². The van der Waals surface area contributed by atoms with Crippen molar-refractivity contribution in [2.24, 2.45) is 9.98 Å². The zero-order valence-electron chi connectivity index (χ0n) is 6.34. The van der Waals surface area contributed by atoms with Gasteiger partial charge in [-0.05, 0) is 6.92 Å². The maximum Gasteiger partial charge on any atom is 0.237 e. The molecule has 6 nitrogen and oxygen atoms in total. The van der Waals surface area contributed by atoms with Gasteiger partial charge >= 0.3 is 0 Å². The Bertz CT molecular complexity index is 210. The Kier molecular flexibility index (Phi) is 4.76. The Balaban J connectivity index is 4.49. The first kappa shape index (κ1) is 10.7. The first-order valence-corrected chi connectivity index (χ1v) is 3.13. The van der Waals surface area contributed by atoms with E-state index in [1.807, 2.05) is 0 Å². The fourth-order valence-corrected chi connectivity index (χ4v) is 0.539. The number of isocyanates is 2. The number of nitrogens with zero attached hydrogens (tertiary/aromatic N) is 2. The number of carbonyl (C=O) groups excluding carboxylic acids is 2. The Labute approximate surface area is 68.3 Å². The number of rotatable bonds is 4. The molecule has 2 N–H and O–H groups in total. The van der Waals surface area contributed by atoms with Crippen molar-refractivity contribution in [2.75, 3.05) is 0 Å². The average molecular weight is 172 g/mol. The molecule has 0 rings (SSSR count). The molecule has 0 fully saturated rings. The fraction of sp³-hybridized carbons (Fsp3) is 0.667.